The molecule has 0 amide bonds. The Morgan fingerprint density at radius 2 is 2.14 bits per heavy atom. The number of aromatic carboxylic acids is 1. The highest BCUT2D eigenvalue weighted by Gasteiger charge is 2.18. The Hall–Kier alpha value is -1.43. The van der Waals surface area contributed by atoms with Gasteiger partial charge in [-0.25, -0.2) is 13.6 Å². The lowest BCUT2D eigenvalue weighted by atomic mass is 10.2. The molecule has 1 heterocycles. The SMILES string of the molecule is O=C(O)c1c(Cl)[nH]c(C(F)F)cc1=O. The van der Waals surface area contributed by atoms with Gasteiger partial charge in [-0.15, -0.1) is 0 Å². The summed E-state index contributed by atoms with van der Waals surface area (Å²) < 4.78 is 24.2. The van der Waals surface area contributed by atoms with E-state index in [1.54, 1.807) is 0 Å². The van der Waals surface area contributed by atoms with E-state index >= 15 is 0 Å². The van der Waals surface area contributed by atoms with E-state index in [0.717, 1.165) is 0 Å². The smallest absolute Gasteiger partial charge is 0.342 e. The summed E-state index contributed by atoms with van der Waals surface area (Å²) in [5, 5.41) is 7.89. The van der Waals surface area contributed by atoms with E-state index in [1.807, 2.05) is 4.98 Å². The molecule has 1 aromatic heterocycles. The van der Waals surface area contributed by atoms with Crippen LogP contribution in [0.1, 0.15) is 22.5 Å². The van der Waals surface area contributed by atoms with E-state index in [9.17, 15) is 18.4 Å². The Morgan fingerprint density at radius 1 is 1.57 bits per heavy atom. The van der Waals surface area contributed by atoms with Gasteiger partial charge in [-0.05, 0) is 0 Å². The maximum atomic E-state index is 12.1. The molecule has 4 nitrogen and oxygen atoms in total. The fraction of sp³-hybridized carbons (Fsp3) is 0.143. The van der Waals surface area contributed by atoms with Crippen LogP contribution in [0.5, 0.6) is 0 Å². The van der Waals surface area contributed by atoms with Crippen molar-refractivity contribution in [2.45, 2.75) is 6.43 Å². The number of aromatic amines is 1. The van der Waals surface area contributed by atoms with Gasteiger partial charge in [0.1, 0.15) is 10.7 Å². The number of halogens is 3. The van der Waals surface area contributed by atoms with Gasteiger partial charge >= 0.3 is 5.97 Å². The Balaban J connectivity index is 3.40. The molecule has 0 spiro atoms. The summed E-state index contributed by atoms with van der Waals surface area (Å²) in [5.74, 6) is -1.56. The van der Waals surface area contributed by atoms with Crippen LogP contribution in [-0.4, -0.2) is 16.1 Å². The fourth-order valence-corrected chi connectivity index (χ4v) is 1.15. The van der Waals surface area contributed by atoms with E-state index in [0.29, 0.717) is 6.07 Å². The van der Waals surface area contributed by atoms with Crippen LogP contribution in [0.4, 0.5) is 8.78 Å². The molecule has 0 aromatic carbocycles. The van der Waals surface area contributed by atoms with Gasteiger partial charge < -0.3 is 10.1 Å². The maximum Gasteiger partial charge on any atom is 0.342 e. The van der Waals surface area contributed by atoms with Crippen LogP contribution in [0.2, 0.25) is 5.15 Å². The zero-order chi connectivity index (χ0) is 10.9. The Kier molecular flexibility index (Phi) is 2.85. The minimum absolute atomic E-state index is 0.514. The van der Waals surface area contributed by atoms with Crippen molar-refractivity contribution in [2.24, 2.45) is 0 Å². The van der Waals surface area contributed by atoms with Gasteiger partial charge in [0.25, 0.3) is 6.43 Å². The van der Waals surface area contributed by atoms with Crippen molar-refractivity contribution in [3.63, 3.8) is 0 Å². The Labute approximate surface area is 81.1 Å². The second-order valence-electron chi connectivity index (χ2n) is 2.38. The molecule has 0 aliphatic rings. The number of carboxylic acids is 1. The fourth-order valence-electron chi connectivity index (χ4n) is 0.864. The number of nitrogens with one attached hydrogen (secondary N) is 1. The molecule has 1 aromatic rings. The number of pyridine rings is 1. The molecular formula is C7H4ClF2NO3. The Morgan fingerprint density at radius 3 is 2.50 bits per heavy atom. The zero-order valence-electron chi connectivity index (χ0n) is 6.55. The number of rotatable bonds is 2. The molecule has 0 aliphatic carbocycles. The minimum Gasteiger partial charge on any atom is -0.477 e. The monoisotopic (exact) mass is 223 g/mol. The van der Waals surface area contributed by atoms with Crippen molar-refractivity contribution < 1.29 is 18.7 Å². The average molecular weight is 224 g/mol. The number of aromatic nitrogens is 1. The zero-order valence-corrected chi connectivity index (χ0v) is 7.31. The van der Waals surface area contributed by atoms with E-state index < -0.39 is 34.2 Å². The van der Waals surface area contributed by atoms with Crippen molar-refractivity contribution in [3.05, 3.63) is 32.7 Å². The number of alkyl halides is 2. The maximum absolute atomic E-state index is 12.1. The first-order valence-corrected chi connectivity index (χ1v) is 3.75. The van der Waals surface area contributed by atoms with Crippen LogP contribution in [-0.2, 0) is 0 Å². The number of carbonyl (C=O) groups is 1. The molecule has 0 saturated heterocycles. The minimum atomic E-state index is -2.90. The second-order valence-corrected chi connectivity index (χ2v) is 2.76. The van der Waals surface area contributed by atoms with E-state index in [4.69, 9.17) is 16.7 Å². The summed E-state index contributed by atoms with van der Waals surface area (Å²) in [4.78, 5) is 23.4. The van der Waals surface area contributed by atoms with Gasteiger partial charge in [-0.3, -0.25) is 4.79 Å². The van der Waals surface area contributed by atoms with E-state index in [1.165, 1.54) is 0 Å². The third kappa shape index (κ3) is 1.90. The van der Waals surface area contributed by atoms with Crippen molar-refractivity contribution in [3.8, 4) is 0 Å². The molecular weight excluding hydrogens is 220 g/mol. The predicted octanol–water partition coefficient (Wildman–Crippen LogP) is 1.66. The van der Waals surface area contributed by atoms with Gasteiger partial charge in [-0.2, -0.15) is 0 Å². The molecule has 0 atom stereocenters. The molecule has 76 valence electrons. The van der Waals surface area contributed by atoms with Crippen LogP contribution in [0.3, 0.4) is 0 Å². The lowest BCUT2D eigenvalue weighted by Crippen LogP contribution is -2.17. The third-order valence-corrected chi connectivity index (χ3v) is 1.74. The summed E-state index contributed by atoms with van der Waals surface area (Å²) in [7, 11) is 0. The first kappa shape index (κ1) is 10.6. The van der Waals surface area contributed by atoms with Crippen molar-refractivity contribution in [1.29, 1.82) is 0 Å². The van der Waals surface area contributed by atoms with Gasteiger partial charge in [-0.1, -0.05) is 11.6 Å². The highest BCUT2D eigenvalue weighted by molar-refractivity contribution is 6.32. The molecule has 0 aliphatic heterocycles. The first-order valence-electron chi connectivity index (χ1n) is 3.37. The van der Waals surface area contributed by atoms with Crippen LogP contribution in [0, 0.1) is 0 Å². The van der Waals surface area contributed by atoms with Crippen LogP contribution in [0.25, 0.3) is 0 Å². The summed E-state index contributed by atoms with van der Waals surface area (Å²) in [6, 6.07) is 0.514. The molecule has 0 radical (unpaired) electrons. The van der Waals surface area contributed by atoms with Crippen LogP contribution >= 0.6 is 11.6 Å². The van der Waals surface area contributed by atoms with E-state index in [2.05, 4.69) is 0 Å². The van der Waals surface area contributed by atoms with Gasteiger partial charge in [0.2, 0.25) is 0 Å². The highest BCUT2D eigenvalue weighted by Crippen LogP contribution is 2.18. The summed E-state index contributed by atoms with van der Waals surface area (Å²) in [5.41, 5.74) is -2.49. The molecule has 0 unspecified atom stereocenters. The average Bonchev–Trinajstić information content (AvgIpc) is 2.01. The molecule has 1 rings (SSSR count). The lowest BCUT2D eigenvalue weighted by molar-refractivity contribution is 0.0694. The second kappa shape index (κ2) is 3.75. The summed E-state index contributed by atoms with van der Waals surface area (Å²) >= 11 is 5.30. The van der Waals surface area contributed by atoms with Crippen molar-refractivity contribution >= 4 is 17.6 Å². The van der Waals surface area contributed by atoms with Gasteiger partial charge in [0.15, 0.2) is 5.43 Å². The molecule has 14 heavy (non-hydrogen) atoms. The number of carboxylic acid groups (broad SMARTS) is 1. The van der Waals surface area contributed by atoms with Gasteiger partial charge in [0, 0.05) is 6.07 Å². The van der Waals surface area contributed by atoms with E-state index in [-0.39, 0.29) is 0 Å². The van der Waals surface area contributed by atoms with Crippen molar-refractivity contribution in [1.82, 2.24) is 4.98 Å². The third-order valence-electron chi connectivity index (χ3n) is 1.46. The quantitative estimate of drug-likeness (QED) is 0.749. The number of hydrogen-bond donors (Lipinski definition) is 2. The van der Waals surface area contributed by atoms with Crippen LogP contribution < -0.4 is 5.43 Å². The Bertz CT molecular complexity index is 429. The highest BCUT2D eigenvalue weighted by atomic mass is 35.5. The summed E-state index contributed by atoms with van der Waals surface area (Å²) in [6.45, 7) is 0. The largest absolute Gasteiger partial charge is 0.477 e. The van der Waals surface area contributed by atoms with Gasteiger partial charge in [0.05, 0.1) is 5.69 Å². The first-order chi connectivity index (χ1) is 6.43. The number of hydrogen-bond acceptors (Lipinski definition) is 2. The normalized spacial score (nSPS) is 10.6. The molecule has 0 bridgehead atoms. The number of H-pyrrole nitrogens is 1. The molecule has 0 fully saturated rings. The molecule has 0 saturated carbocycles. The summed E-state index contributed by atoms with van der Waals surface area (Å²) in [6.07, 6.45) is -2.90. The standard InChI is InChI=1S/C7H4ClF2NO3/c8-5-4(7(13)14)3(12)1-2(11-5)6(9)10/h1,6H,(H,11,12)(H,13,14). The van der Waals surface area contributed by atoms with Crippen molar-refractivity contribution in [2.75, 3.05) is 0 Å². The van der Waals surface area contributed by atoms with Crippen LogP contribution in [0.15, 0.2) is 10.9 Å². The predicted molar refractivity (Wildman–Crippen MR) is 44.0 cm³/mol. The molecule has 2 N–H and O–H groups in total. The topological polar surface area (TPSA) is 70.2 Å². The molecule has 7 heteroatoms. The lowest BCUT2D eigenvalue weighted by Gasteiger charge is -2.02.